The molecule has 1 aromatic rings. The number of nitrogens with zero attached hydrogens (tertiary/aromatic N) is 1. The van der Waals surface area contributed by atoms with E-state index in [1.807, 2.05) is 6.07 Å². The predicted octanol–water partition coefficient (Wildman–Crippen LogP) is 2.57. The van der Waals surface area contributed by atoms with E-state index >= 15 is 0 Å². The number of halogens is 1. The van der Waals surface area contributed by atoms with Crippen LogP contribution in [0, 0.1) is 23.1 Å². The molecule has 0 bridgehead atoms. The van der Waals surface area contributed by atoms with Crippen molar-refractivity contribution in [3.8, 4) is 6.07 Å². The van der Waals surface area contributed by atoms with E-state index in [1.165, 1.54) is 24.3 Å². The Morgan fingerprint density at radius 2 is 2.00 bits per heavy atom. The van der Waals surface area contributed by atoms with Crippen molar-refractivity contribution in [3.05, 3.63) is 47.8 Å². The Balaban J connectivity index is 2.88. The molecular weight excluding hydrogens is 193 g/mol. The lowest BCUT2D eigenvalue weighted by Crippen LogP contribution is -2.08. The van der Waals surface area contributed by atoms with Crippen LogP contribution in [0.5, 0.6) is 0 Å². The second-order valence-corrected chi connectivity index (χ2v) is 3.18. The minimum Gasteiger partial charge on any atom is -0.387 e. The van der Waals surface area contributed by atoms with Gasteiger partial charge < -0.3 is 5.11 Å². The molecule has 0 saturated carbocycles. The highest BCUT2D eigenvalue weighted by Gasteiger charge is 2.17. The normalized spacial score (nSPS) is 14.8. The molecule has 1 N–H and O–H groups in total. The van der Waals surface area contributed by atoms with E-state index in [-0.39, 0.29) is 5.82 Å². The fourth-order valence-electron chi connectivity index (χ4n) is 1.29. The van der Waals surface area contributed by atoms with Gasteiger partial charge in [-0.1, -0.05) is 24.3 Å². The van der Waals surface area contributed by atoms with Gasteiger partial charge in [-0.3, -0.25) is 0 Å². The van der Waals surface area contributed by atoms with Gasteiger partial charge in [0.2, 0.25) is 0 Å². The van der Waals surface area contributed by atoms with Crippen LogP contribution >= 0.6 is 0 Å². The Labute approximate surface area is 88.3 Å². The first-order chi connectivity index (χ1) is 7.19. The van der Waals surface area contributed by atoms with Crippen molar-refractivity contribution >= 4 is 0 Å². The highest BCUT2D eigenvalue weighted by atomic mass is 19.1. The molecule has 0 spiro atoms. The maximum atomic E-state index is 12.6. The maximum Gasteiger partial charge on any atom is 0.123 e. The number of hydrogen-bond donors (Lipinski definition) is 1. The van der Waals surface area contributed by atoms with E-state index in [0.29, 0.717) is 5.56 Å². The Hall–Kier alpha value is -1.66. The first kappa shape index (κ1) is 11.4. The van der Waals surface area contributed by atoms with E-state index in [4.69, 9.17) is 5.26 Å². The molecule has 0 heterocycles. The van der Waals surface area contributed by atoms with Crippen LogP contribution in [0.1, 0.15) is 18.6 Å². The second kappa shape index (κ2) is 5.28. The monoisotopic (exact) mass is 205 g/mol. The Kier molecular flexibility index (Phi) is 4.02. The third-order valence-corrected chi connectivity index (χ3v) is 2.10. The summed E-state index contributed by atoms with van der Waals surface area (Å²) in [6, 6.07) is 7.48. The van der Waals surface area contributed by atoms with E-state index in [2.05, 4.69) is 0 Å². The van der Waals surface area contributed by atoms with E-state index < -0.39 is 12.0 Å². The van der Waals surface area contributed by atoms with Crippen LogP contribution in [-0.2, 0) is 0 Å². The highest BCUT2D eigenvalue weighted by Crippen LogP contribution is 2.22. The van der Waals surface area contributed by atoms with Gasteiger partial charge in [-0.2, -0.15) is 5.26 Å². The van der Waals surface area contributed by atoms with Gasteiger partial charge in [0.05, 0.1) is 18.1 Å². The van der Waals surface area contributed by atoms with E-state index in [0.717, 1.165) is 0 Å². The van der Waals surface area contributed by atoms with Crippen molar-refractivity contribution in [2.45, 2.75) is 13.0 Å². The molecule has 0 radical (unpaired) electrons. The molecule has 0 aliphatic heterocycles. The van der Waals surface area contributed by atoms with Crippen molar-refractivity contribution in [2.75, 3.05) is 0 Å². The molecule has 0 fully saturated rings. The SMILES string of the molecule is C/C=C/C(C#N)C(O)c1ccc(F)cc1. The fraction of sp³-hybridized carbons (Fsp3) is 0.250. The number of aliphatic hydroxyl groups is 1. The van der Waals surface area contributed by atoms with Crippen LogP contribution in [0.3, 0.4) is 0 Å². The lowest BCUT2D eigenvalue weighted by Gasteiger charge is -2.13. The Morgan fingerprint density at radius 1 is 1.40 bits per heavy atom. The molecule has 1 rings (SSSR count). The van der Waals surface area contributed by atoms with Crippen LogP contribution in [0.15, 0.2) is 36.4 Å². The molecule has 2 nitrogen and oxygen atoms in total. The minimum atomic E-state index is -0.910. The van der Waals surface area contributed by atoms with Crippen molar-refractivity contribution in [1.82, 2.24) is 0 Å². The summed E-state index contributed by atoms with van der Waals surface area (Å²) < 4.78 is 12.6. The molecule has 0 aromatic heterocycles. The molecule has 2 unspecified atom stereocenters. The minimum absolute atomic E-state index is 0.356. The van der Waals surface area contributed by atoms with E-state index in [9.17, 15) is 9.50 Å². The number of aliphatic hydroxyl groups excluding tert-OH is 1. The first-order valence-electron chi connectivity index (χ1n) is 4.65. The second-order valence-electron chi connectivity index (χ2n) is 3.18. The number of hydrogen-bond acceptors (Lipinski definition) is 2. The molecular formula is C12H12FNO. The molecule has 3 heteroatoms. The van der Waals surface area contributed by atoms with E-state index in [1.54, 1.807) is 19.1 Å². The summed E-state index contributed by atoms with van der Waals surface area (Å²) in [6.45, 7) is 1.78. The number of allylic oxidation sites excluding steroid dienone is 1. The molecule has 0 aliphatic rings. The molecule has 0 aliphatic carbocycles. The van der Waals surface area contributed by atoms with Gasteiger partial charge in [0, 0.05) is 0 Å². The van der Waals surface area contributed by atoms with Gasteiger partial charge in [0.1, 0.15) is 5.82 Å². The van der Waals surface area contributed by atoms with Crippen molar-refractivity contribution < 1.29 is 9.50 Å². The van der Waals surface area contributed by atoms with Crippen LogP contribution in [0.2, 0.25) is 0 Å². The summed E-state index contributed by atoms with van der Waals surface area (Å²) >= 11 is 0. The predicted molar refractivity (Wildman–Crippen MR) is 55.3 cm³/mol. The number of benzene rings is 1. The average molecular weight is 205 g/mol. The molecule has 0 amide bonds. The molecule has 15 heavy (non-hydrogen) atoms. The van der Waals surface area contributed by atoms with Crippen LogP contribution in [0.4, 0.5) is 4.39 Å². The quantitative estimate of drug-likeness (QED) is 0.771. The Morgan fingerprint density at radius 3 is 2.47 bits per heavy atom. The van der Waals surface area contributed by atoms with Crippen LogP contribution in [-0.4, -0.2) is 5.11 Å². The van der Waals surface area contributed by atoms with Gasteiger partial charge in [-0.25, -0.2) is 4.39 Å². The number of rotatable bonds is 3. The first-order valence-corrected chi connectivity index (χ1v) is 4.65. The van der Waals surface area contributed by atoms with Crippen LogP contribution < -0.4 is 0 Å². The topological polar surface area (TPSA) is 44.0 Å². The largest absolute Gasteiger partial charge is 0.387 e. The molecule has 0 saturated heterocycles. The van der Waals surface area contributed by atoms with Crippen molar-refractivity contribution in [2.24, 2.45) is 5.92 Å². The smallest absolute Gasteiger partial charge is 0.123 e. The average Bonchev–Trinajstić information content (AvgIpc) is 2.26. The van der Waals surface area contributed by atoms with Crippen molar-refractivity contribution in [1.29, 1.82) is 5.26 Å². The zero-order valence-electron chi connectivity index (χ0n) is 8.39. The van der Waals surface area contributed by atoms with Gasteiger partial charge in [-0.05, 0) is 24.6 Å². The lowest BCUT2D eigenvalue weighted by molar-refractivity contribution is 0.154. The summed E-state index contributed by atoms with van der Waals surface area (Å²) in [4.78, 5) is 0. The van der Waals surface area contributed by atoms with Crippen LogP contribution in [0.25, 0.3) is 0 Å². The Bertz CT molecular complexity index is 378. The summed E-state index contributed by atoms with van der Waals surface area (Å²) in [5.41, 5.74) is 0.543. The zero-order chi connectivity index (χ0) is 11.3. The summed E-state index contributed by atoms with van der Waals surface area (Å²) in [5.74, 6) is -0.953. The summed E-state index contributed by atoms with van der Waals surface area (Å²) in [6.07, 6.45) is 2.42. The third kappa shape index (κ3) is 2.90. The maximum absolute atomic E-state index is 12.6. The third-order valence-electron chi connectivity index (χ3n) is 2.10. The molecule has 1 aromatic carbocycles. The number of nitriles is 1. The molecule has 78 valence electrons. The summed E-state index contributed by atoms with van der Waals surface area (Å²) in [5, 5.41) is 18.6. The standard InChI is InChI=1S/C12H12FNO/c1-2-3-10(8-14)12(15)9-4-6-11(13)7-5-9/h2-7,10,12,15H,1H3/b3-2+. The van der Waals surface area contributed by atoms with Gasteiger partial charge in [0.15, 0.2) is 0 Å². The van der Waals surface area contributed by atoms with Gasteiger partial charge in [-0.15, -0.1) is 0 Å². The van der Waals surface area contributed by atoms with Gasteiger partial charge in [0.25, 0.3) is 0 Å². The lowest BCUT2D eigenvalue weighted by atomic mass is 9.96. The summed E-state index contributed by atoms with van der Waals surface area (Å²) in [7, 11) is 0. The fourth-order valence-corrected chi connectivity index (χ4v) is 1.29. The van der Waals surface area contributed by atoms with Crippen molar-refractivity contribution in [3.63, 3.8) is 0 Å². The highest BCUT2D eigenvalue weighted by molar-refractivity contribution is 5.22. The molecule has 2 atom stereocenters. The zero-order valence-corrected chi connectivity index (χ0v) is 8.39. The van der Waals surface area contributed by atoms with Gasteiger partial charge >= 0.3 is 0 Å².